The molecule has 0 atom stereocenters. The molecule has 0 fully saturated rings. The lowest BCUT2D eigenvalue weighted by Crippen LogP contribution is -1.93. The first-order valence-electron chi connectivity index (χ1n) is 6.08. The lowest BCUT2D eigenvalue weighted by molar-refractivity contribution is 0.629. The third kappa shape index (κ3) is 2.15. The van der Waals surface area contributed by atoms with Crippen LogP contribution in [0.4, 0.5) is 4.39 Å². The number of aromatic nitrogens is 1. The Labute approximate surface area is 126 Å². The Kier molecular flexibility index (Phi) is 3.36. The zero-order valence-corrected chi connectivity index (χ0v) is 12.1. The molecule has 0 spiro atoms. The van der Waals surface area contributed by atoms with Crippen molar-refractivity contribution in [3.05, 3.63) is 63.9 Å². The molecule has 0 amide bonds. The molecule has 1 heterocycles. The molecule has 3 rings (SSSR count). The summed E-state index contributed by atoms with van der Waals surface area (Å²) in [6, 6.07) is 12.3. The van der Waals surface area contributed by atoms with E-state index in [4.69, 9.17) is 23.2 Å². The van der Waals surface area contributed by atoms with Gasteiger partial charge in [-0.25, -0.2) is 9.37 Å². The molecule has 1 aromatic heterocycles. The smallest absolute Gasteiger partial charge is 0.125 e. The van der Waals surface area contributed by atoms with Gasteiger partial charge in [-0.3, -0.25) is 0 Å². The van der Waals surface area contributed by atoms with Crippen LogP contribution in [-0.2, 0) is 0 Å². The Hall–Kier alpha value is -1.64. The Bertz CT molecular complexity index is 801. The van der Waals surface area contributed by atoms with Gasteiger partial charge < -0.3 is 0 Å². The molecule has 100 valence electrons. The standard InChI is InChI=1S/C16H10Cl2FN/c1-9-14(18)12-7-11(19)8-13(17)16(12)20-15(9)10-5-3-2-4-6-10/h2-8H,1H3. The number of hydrogen-bond donors (Lipinski definition) is 0. The first-order chi connectivity index (χ1) is 9.58. The van der Waals surface area contributed by atoms with E-state index in [9.17, 15) is 4.39 Å². The predicted octanol–water partition coefficient (Wildman–Crippen LogP) is 5.66. The summed E-state index contributed by atoms with van der Waals surface area (Å²) in [6.07, 6.45) is 0. The van der Waals surface area contributed by atoms with Crippen LogP contribution in [0.25, 0.3) is 22.2 Å². The van der Waals surface area contributed by atoms with E-state index in [0.717, 1.165) is 16.8 Å². The fourth-order valence-corrected chi connectivity index (χ4v) is 2.71. The van der Waals surface area contributed by atoms with E-state index in [2.05, 4.69) is 4.98 Å². The van der Waals surface area contributed by atoms with Gasteiger partial charge in [0.2, 0.25) is 0 Å². The van der Waals surface area contributed by atoms with Gasteiger partial charge in [-0.2, -0.15) is 0 Å². The molecule has 0 bridgehead atoms. The molecule has 0 N–H and O–H groups in total. The molecular weight excluding hydrogens is 296 g/mol. The van der Waals surface area contributed by atoms with Gasteiger partial charge in [-0.05, 0) is 24.6 Å². The minimum atomic E-state index is -0.418. The van der Waals surface area contributed by atoms with Crippen molar-refractivity contribution in [2.75, 3.05) is 0 Å². The summed E-state index contributed by atoms with van der Waals surface area (Å²) in [7, 11) is 0. The molecule has 20 heavy (non-hydrogen) atoms. The van der Waals surface area contributed by atoms with Gasteiger partial charge in [0.25, 0.3) is 0 Å². The summed E-state index contributed by atoms with van der Waals surface area (Å²) in [5, 5.41) is 1.28. The summed E-state index contributed by atoms with van der Waals surface area (Å²) >= 11 is 12.4. The highest BCUT2D eigenvalue weighted by atomic mass is 35.5. The average molecular weight is 306 g/mol. The van der Waals surface area contributed by atoms with Crippen LogP contribution in [-0.4, -0.2) is 4.98 Å². The van der Waals surface area contributed by atoms with Crippen LogP contribution in [0.15, 0.2) is 42.5 Å². The van der Waals surface area contributed by atoms with Crippen LogP contribution in [0.3, 0.4) is 0 Å². The molecule has 0 saturated carbocycles. The quantitative estimate of drug-likeness (QED) is 0.565. The van der Waals surface area contributed by atoms with E-state index < -0.39 is 5.82 Å². The van der Waals surface area contributed by atoms with Crippen LogP contribution in [0, 0.1) is 12.7 Å². The first kappa shape index (κ1) is 13.3. The Morgan fingerprint density at radius 1 is 1.05 bits per heavy atom. The molecule has 0 radical (unpaired) electrons. The zero-order valence-electron chi connectivity index (χ0n) is 10.6. The van der Waals surface area contributed by atoms with Crippen LogP contribution in [0.1, 0.15) is 5.56 Å². The van der Waals surface area contributed by atoms with Gasteiger partial charge in [0.05, 0.1) is 21.3 Å². The lowest BCUT2D eigenvalue weighted by Gasteiger charge is -2.11. The third-order valence-electron chi connectivity index (χ3n) is 3.22. The summed E-state index contributed by atoms with van der Waals surface area (Å²) in [5.41, 5.74) is 3.04. The predicted molar refractivity (Wildman–Crippen MR) is 81.9 cm³/mol. The summed E-state index contributed by atoms with van der Waals surface area (Å²) in [5.74, 6) is -0.418. The van der Waals surface area contributed by atoms with Gasteiger partial charge >= 0.3 is 0 Å². The summed E-state index contributed by atoms with van der Waals surface area (Å²) < 4.78 is 13.5. The second-order valence-corrected chi connectivity index (χ2v) is 5.33. The van der Waals surface area contributed by atoms with Crippen molar-refractivity contribution in [2.45, 2.75) is 6.92 Å². The lowest BCUT2D eigenvalue weighted by atomic mass is 10.0. The number of halogens is 3. The first-order valence-corrected chi connectivity index (χ1v) is 6.84. The highest BCUT2D eigenvalue weighted by molar-refractivity contribution is 6.39. The molecule has 0 aliphatic carbocycles. The van der Waals surface area contributed by atoms with E-state index in [1.54, 1.807) is 0 Å². The van der Waals surface area contributed by atoms with Crippen molar-refractivity contribution in [2.24, 2.45) is 0 Å². The zero-order chi connectivity index (χ0) is 14.3. The third-order valence-corrected chi connectivity index (χ3v) is 4.00. The molecule has 1 nitrogen and oxygen atoms in total. The monoisotopic (exact) mass is 305 g/mol. The van der Waals surface area contributed by atoms with Gasteiger partial charge in [-0.1, -0.05) is 53.5 Å². The molecule has 0 aliphatic heterocycles. The van der Waals surface area contributed by atoms with Crippen molar-refractivity contribution in [3.63, 3.8) is 0 Å². The maximum atomic E-state index is 13.5. The van der Waals surface area contributed by atoms with E-state index in [0.29, 0.717) is 15.9 Å². The molecule has 3 aromatic rings. The molecule has 4 heteroatoms. The van der Waals surface area contributed by atoms with E-state index in [1.165, 1.54) is 12.1 Å². The fraction of sp³-hybridized carbons (Fsp3) is 0.0625. The van der Waals surface area contributed by atoms with E-state index >= 15 is 0 Å². The van der Waals surface area contributed by atoms with Gasteiger partial charge in [0, 0.05) is 10.9 Å². The van der Waals surface area contributed by atoms with Crippen molar-refractivity contribution >= 4 is 34.1 Å². The highest BCUT2D eigenvalue weighted by Crippen LogP contribution is 2.35. The highest BCUT2D eigenvalue weighted by Gasteiger charge is 2.14. The van der Waals surface area contributed by atoms with Crippen molar-refractivity contribution < 1.29 is 4.39 Å². The van der Waals surface area contributed by atoms with Crippen LogP contribution >= 0.6 is 23.2 Å². The number of rotatable bonds is 1. The maximum Gasteiger partial charge on any atom is 0.125 e. The Morgan fingerprint density at radius 2 is 1.75 bits per heavy atom. The Morgan fingerprint density at radius 3 is 2.45 bits per heavy atom. The molecule has 0 aliphatic rings. The second kappa shape index (κ2) is 5.04. The normalized spacial score (nSPS) is 11.0. The topological polar surface area (TPSA) is 12.9 Å². The number of nitrogens with zero attached hydrogens (tertiary/aromatic N) is 1. The van der Waals surface area contributed by atoms with Crippen LogP contribution in [0.2, 0.25) is 10.0 Å². The van der Waals surface area contributed by atoms with E-state index in [1.807, 2.05) is 37.3 Å². The van der Waals surface area contributed by atoms with Gasteiger partial charge in [-0.15, -0.1) is 0 Å². The fourth-order valence-electron chi connectivity index (χ4n) is 2.23. The van der Waals surface area contributed by atoms with Gasteiger partial charge in [0.15, 0.2) is 0 Å². The van der Waals surface area contributed by atoms with Crippen molar-refractivity contribution in [3.8, 4) is 11.3 Å². The van der Waals surface area contributed by atoms with Crippen LogP contribution in [0.5, 0.6) is 0 Å². The maximum absolute atomic E-state index is 13.5. The minimum absolute atomic E-state index is 0.263. The number of fused-ring (bicyclic) bond motifs is 1. The second-order valence-electron chi connectivity index (χ2n) is 4.55. The molecule has 0 saturated heterocycles. The van der Waals surface area contributed by atoms with Crippen molar-refractivity contribution in [1.29, 1.82) is 0 Å². The SMILES string of the molecule is Cc1c(-c2ccccc2)nc2c(Cl)cc(F)cc2c1Cl. The molecular formula is C16H10Cl2FN. The minimum Gasteiger partial charge on any atom is -0.246 e. The number of benzene rings is 2. The number of hydrogen-bond acceptors (Lipinski definition) is 1. The number of pyridine rings is 1. The van der Waals surface area contributed by atoms with Gasteiger partial charge in [0.1, 0.15) is 5.82 Å². The van der Waals surface area contributed by atoms with E-state index in [-0.39, 0.29) is 5.02 Å². The summed E-state index contributed by atoms with van der Waals surface area (Å²) in [4.78, 5) is 4.56. The molecule has 2 aromatic carbocycles. The average Bonchev–Trinajstić information content (AvgIpc) is 2.44. The largest absolute Gasteiger partial charge is 0.246 e. The van der Waals surface area contributed by atoms with Crippen LogP contribution < -0.4 is 0 Å². The molecule has 0 unspecified atom stereocenters. The van der Waals surface area contributed by atoms with Crippen molar-refractivity contribution in [1.82, 2.24) is 4.98 Å². The Balaban J connectivity index is 2.39. The summed E-state index contributed by atoms with van der Waals surface area (Å²) in [6.45, 7) is 1.87.